The molecule has 0 saturated carbocycles. The first-order chi connectivity index (χ1) is 6.77. The molecule has 0 amide bonds. The Kier molecular flexibility index (Phi) is 2.85. The molecule has 1 heterocycles. The maximum atomic E-state index is 9.95. The minimum atomic E-state index is -0.212. The topological polar surface area (TPSA) is 23.5 Å². The van der Waals surface area contributed by atoms with Crippen LogP contribution in [0.3, 0.4) is 0 Å². The largest absolute Gasteiger partial charge is 0.391 e. The molecule has 0 spiro atoms. The summed E-state index contributed by atoms with van der Waals surface area (Å²) in [6.07, 6.45) is 0.845. The molecule has 76 valence electrons. The Morgan fingerprint density at radius 2 is 2.00 bits per heavy atom. The minimum Gasteiger partial charge on any atom is -0.391 e. The van der Waals surface area contributed by atoms with Crippen LogP contribution in [-0.4, -0.2) is 36.2 Å². The van der Waals surface area contributed by atoms with Crippen LogP contribution < -0.4 is 0 Å². The summed E-state index contributed by atoms with van der Waals surface area (Å²) in [4.78, 5) is 2.18. The van der Waals surface area contributed by atoms with Crippen molar-refractivity contribution in [1.82, 2.24) is 4.90 Å². The van der Waals surface area contributed by atoms with E-state index in [0.29, 0.717) is 5.92 Å². The fourth-order valence-corrected chi connectivity index (χ4v) is 2.18. The molecule has 1 aliphatic rings. The van der Waals surface area contributed by atoms with Crippen molar-refractivity contribution in [1.29, 1.82) is 0 Å². The monoisotopic (exact) mass is 191 g/mol. The van der Waals surface area contributed by atoms with Gasteiger partial charge in [-0.15, -0.1) is 0 Å². The lowest BCUT2D eigenvalue weighted by atomic mass is 9.87. The summed E-state index contributed by atoms with van der Waals surface area (Å²) < 4.78 is 0. The third-order valence-corrected chi connectivity index (χ3v) is 3.01. The van der Waals surface area contributed by atoms with Crippen molar-refractivity contribution in [2.75, 3.05) is 20.1 Å². The summed E-state index contributed by atoms with van der Waals surface area (Å²) in [5.74, 6) is 0.326. The molecule has 0 bridgehead atoms. The van der Waals surface area contributed by atoms with Gasteiger partial charge in [0.1, 0.15) is 0 Å². The second-order valence-corrected chi connectivity index (χ2v) is 4.14. The first-order valence-electron chi connectivity index (χ1n) is 5.19. The van der Waals surface area contributed by atoms with Gasteiger partial charge >= 0.3 is 0 Å². The molecule has 0 unspecified atom stereocenters. The van der Waals surface area contributed by atoms with Crippen LogP contribution in [0.25, 0.3) is 0 Å². The van der Waals surface area contributed by atoms with Gasteiger partial charge in [0.2, 0.25) is 0 Å². The third kappa shape index (κ3) is 1.97. The van der Waals surface area contributed by atoms with Crippen molar-refractivity contribution >= 4 is 0 Å². The molecule has 2 atom stereocenters. The standard InChI is InChI=1S/C12H17NO/c1-13-8-7-11(12(14)9-13)10-5-3-2-4-6-10/h2-6,11-12,14H,7-9H2,1H3/t11-,12-/m0/s1. The molecule has 0 radical (unpaired) electrons. The van der Waals surface area contributed by atoms with E-state index >= 15 is 0 Å². The number of aliphatic hydroxyl groups excluding tert-OH is 1. The van der Waals surface area contributed by atoms with E-state index in [9.17, 15) is 5.11 Å². The Balaban J connectivity index is 2.12. The van der Waals surface area contributed by atoms with Crippen molar-refractivity contribution < 1.29 is 5.11 Å². The van der Waals surface area contributed by atoms with E-state index in [0.717, 1.165) is 19.5 Å². The van der Waals surface area contributed by atoms with Crippen LogP contribution in [-0.2, 0) is 0 Å². The summed E-state index contributed by atoms with van der Waals surface area (Å²) in [5, 5.41) is 9.95. The van der Waals surface area contributed by atoms with E-state index in [1.54, 1.807) is 0 Å². The van der Waals surface area contributed by atoms with Gasteiger partial charge < -0.3 is 10.0 Å². The average Bonchev–Trinajstić information content (AvgIpc) is 2.19. The quantitative estimate of drug-likeness (QED) is 0.726. The molecule has 0 aliphatic carbocycles. The Labute approximate surface area is 85.2 Å². The number of hydrogen-bond acceptors (Lipinski definition) is 2. The highest BCUT2D eigenvalue weighted by Gasteiger charge is 2.26. The lowest BCUT2D eigenvalue weighted by molar-refractivity contribution is 0.0638. The van der Waals surface area contributed by atoms with Gasteiger partial charge in [0.15, 0.2) is 0 Å². The van der Waals surface area contributed by atoms with Gasteiger partial charge in [-0.25, -0.2) is 0 Å². The van der Waals surface area contributed by atoms with Crippen molar-refractivity contribution in [3.05, 3.63) is 35.9 Å². The molecule has 1 aliphatic heterocycles. The summed E-state index contributed by atoms with van der Waals surface area (Å²) >= 11 is 0. The van der Waals surface area contributed by atoms with E-state index < -0.39 is 0 Å². The number of piperidine rings is 1. The van der Waals surface area contributed by atoms with Crippen LogP contribution in [0.5, 0.6) is 0 Å². The van der Waals surface area contributed by atoms with Crippen LogP contribution in [0.1, 0.15) is 17.9 Å². The predicted octanol–water partition coefficient (Wildman–Crippen LogP) is 1.47. The minimum absolute atomic E-state index is 0.212. The van der Waals surface area contributed by atoms with Crippen LogP contribution in [0, 0.1) is 0 Å². The van der Waals surface area contributed by atoms with Crippen molar-refractivity contribution in [3.63, 3.8) is 0 Å². The molecular weight excluding hydrogens is 174 g/mol. The highest BCUT2D eigenvalue weighted by atomic mass is 16.3. The Morgan fingerprint density at radius 1 is 1.29 bits per heavy atom. The summed E-state index contributed by atoms with van der Waals surface area (Å²) in [6, 6.07) is 10.3. The highest BCUT2D eigenvalue weighted by Crippen LogP contribution is 2.27. The predicted molar refractivity (Wildman–Crippen MR) is 57.3 cm³/mol. The van der Waals surface area contributed by atoms with E-state index in [1.165, 1.54) is 5.56 Å². The second-order valence-electron chi connectivity index (χ2n) is 4.14. The second kappa shape index (κ2) is 4.11. The van der Waals surface area contributed by atoms with Crippen LogP contribution in [0.4, 0.5) is 0 Å². The fourth-order valence-electron chi connectivity index (χ4n) is 2.18. The van der Waals surface area contributed by atoms with Gasteiger partial charge in [0, 0.05) is 12.5 Å². The van der Waals surface area contributed by atoms with Crippen molar-refractivity contribution in [2.45, 2.75) is 18.4 Å². The molecule has 14 heavy (non-hydrogen) atoms. The molecule has 1 N–H and O–H groups in total. The average molecular weight is 191 g/mol. The van der Waals surface area contributed by atoms with Gasteiger partial charge in [-0.2, -0.15) is 0 Å². The zero-order valence-electron chi connectivity index (χ0n) is 8.56. The Morgan fingerprint density at radius 3 is 2.64 bits per heavy atom. The van der Waals surface area contributed by atoms with Crippen LogP contribution in [0.15, 0.2) is 30.3 Å². The third-order valence-electron chi connectivity index (χ3n) is 3.01. The van der Waals surface area contributed by atoms with Crippen molar-refractivity contribution in [3.8, 4) is 0 Å². The molecular formula is C12H17NO. The molecule has 2 nitrogen and oxygen atoms in total. The number of benzene rings is 1. The van der Waals surface area contributed by atoms with Gasteiger partial charge in [-0.1, -0.05) is 30.3 Å². The Bertz CT molecular complexity index is 286. The molecule has 1 aromatic rings. The normalized spacial score (nSPS) is 29.0. The zero-order valence-corrected chi connectivity index (χ0v) is 8.56. The van der Waals surface area contributed by atoms with E-state index in [1.807, 2.05) is 18.2 Å². The summed E-state index contributed by atoms with van der Waals surface area (Å²) in [7, 11) is 2.06. The number of likely N-dealkylation sites (tertiary alicyclic amines) is 1. The number of β-amino-alcohol motifs (C(OH)–C–C–N with tert-alkyl or cyclic N) is 1. The number of rotatable bonds is 1. The van der Waals surface area contributed by atoms with Gasteiger partial charge in [-0.3, -0.25) is 0 Å². The fraction of sp³-hybridized carbons (Fsp3) is 0.500. The number of aliphatic hydroxyl groups is 1. The molecule has 1 saturated heterocycles. The maximum Gasteiger partial charge on any atom is 0.0735 e. The first kappa shape index (κ1) is 9.69. The smallest absolute Gasteiger partial charge is 0.0735 e. The number of nitrogens with zero attached hydrogens (tertiary/aromatic N) is 1. The van der Waals surface area contributed by atoms with Crippen LogP contribution in [0.2, 0.25) is 0 Å². The van der Waals surface area contributed by atoms with Gasteiger partial charge in [0.05, 0.1) is 6.10 Å². The molecule has 2 heteroatoms. The number of hydrogen-bond donors (Lipinski definition) is 1. The lowest BCUT2D eigenvalue weighted by Gasteiger charge is -2.33. The Hall–Kier alpha value is -0.860. The van der Waals surface area contributed by atoms with E-state index in [4.69, 9.17) is 0 Å². The van der Waals surface area contributed by atoms with E-state index in [2.05, 4.69) is 24.1 Å². The number of likely N-dealkylation sites (N-methyl/N-ethyl adjacent to an activating group) is 1. The summed E-state index contributed by atoms with van der Waals surface area (Å²) in [6.45, 7) is 1.87. The molecule has 2 rings (SSSR count). The highest BCUT2D eigenvalue weighted by molar-refractivity contribution is 5.21. The van der Waals surface area contributed by atoms with Gasteiger partial charge in [0.25, 0.3) is 0 Å². The van der Waals surface area contributed by atoms with Crippen LogP contribution >= 0.6 is 0 Å². The molecule has 0 aromatic heterocycles. The zero-order chi connectivity index (χ0) is 9.97. The SMILES string of the molecule is CN1CC[C@@H](c2ccccc2)[C@@H](O)C1. The van der Waals surface area contributed by atoms with Crippen molar-refractivity contribution in [2.24, 2.45) is 0 Å². The maximum absolute atomic E-state index is 9.95. The first-order valence-corrected chi connectivity index (χ1v) is 5.19. The summed E-state index contributed by atoms with van der Waals surface area (Å²) in [5.41, 5.74) is 1.27. The van der Waals surface area contributed by atoms with Gasteiger partial charge in [-0.05, 0) is 25.6 Å². The van der Waals surface area contributed by atoms with E-state index in [-0.39, 0.29) is 6.10 Å². The lowest BCUT2D eigenvalue weighted by Crippen LogP contribution is -2.40. The molecule has 1 fully saturated rings. The molecule has 1 aromatic carbocycles.